The molecular weight excluding hydrogens is 306 g/mol. The van der Waals surface area contributed by atoms with Crippen molar-refractivity contribution in [1.29, 1.82) is 10.5 Å². The van der Waals surface area contributed by atoms with Gasteiger partial charge < -0.3 is 10.4 Å². The van der Waals surface area contributed by atoms with Crippen molar-refractivity contribution in [2.24, 2.45) is 0 Å². The molecule has 0 aliphatic rings. The van der Waals surface area contributed by atoms with Gasteiger partial charge in [-0.3, -0.25) is 4.55 Å². The van der Waals surface area contributed by atoms with Gasteiger partial charge in [0.2, 0.25) is 0 Å². The minimum atomic E-state index is -4.44. The molecule has 0 aliphatic heterocycles. The maximum atomic E-state index is 11.2. The van der Waals surface area contributed by atoms with Crippen molar-refractivity contribution in [2.45, 2.75) is 4.90 Å². The van der Waals surface area contributed by atoms with E-state index >= 15 is 0 Å². The van der Waals surface area contributed by atoms with E-state index in [-0.39, 0.29) is 11.3 Å². The van der Waals surface area contributed by atoms with Crippen LogP contribution in [0.3, 0.4) is 0 Å². The molecule has 0 aromatic heterocycles. The number of anilines is 1. The molecule has 7 nitrogen and oxygen atoms in total. The number of benzene rings is 2. The summed E-state index contributed by atoms with van der Waals surface area (Å²) in [5.74, 6) is -0.290. The molecule has 0 bridgehead atoms. The fraction of sp³-hybridized carbons (Fsp3) is 0. The van der Waals surface area contributed by atoms with E-state index in [1.165, 1.54) is 24.4 Å². The van der Waals surface area contributed by atoms with Gasteiger partial charge in [-0.2, -0.15) is 18.9 Å². The quantitative estimate of drug-likeness (QED) is 0.583. The van der Waals surface area contributed by atoms with E-state index in [0.29, 0.717) is 16.5 Å². The third kappa shape index (κ3) is 3.15. The summed E-state index contributed by atoms with van der Waals surface area (Å²) in [4.78, 5) is -0.431. The molecule has 3 N–H and O–H groups in total. The number of allylic oxidation sites excluding steroid dienone is 1. The Kier molecular flexibility index (Phi) is 4.00. The van der Waals surface area contributed by atoms with E-state index in [1.807, 2.05) is 0 Å². The van der Waals surface area contributed by atoms with Gasteiger partial charge in [-0.15, -0.1) is 0 Å². The van der Waals surface area contributed by atoms with E-state index < -0.39 is 15.0 Å². The average Bonchev–Trinajstić information content (AvgIpc) is 2.47. The van der Waals surface area contributed by atoms with Crippen LogP contribution in [0.2, 0.25) is 0 Å². The fourth-order valence-electron chi connectivity index (χ4n) is 1.81. The Morgan fingerprint density at radius 1 is 1.18 bits per heavy atom. The van der Waals surface area contributed by atoms with E-state index in [4.69, 9.17) is 15.1 Å². The number of nitriles is 2. The lowest BCUT2D eigenvalue weighted by Gasteiger charge is -2.07. The smallest absolute Gasteiger partial charge is 0.294 e. The number of fused-ring (bicyclic) bond motifs is 1. The lowest BCUT2D eigenvalue weighted by atomic mass is 10.1. The summed E-state index contributed by atoms with van der Waals surface area (Å²) in [7, 11) is -4.44. The van der Waals surface area contributed by atoms with Gasteiger partial charge in [0.15, 0.2) is 0 Å². The third-order valence-electron chi connectivity index (χ3n) is 2.83. The molecule has 0 heterocycles. The number of aromatic hydroxyl groups is 1. The average molecular weight is 315 g/mol. The van der Waals surface area contributed by atoms with Crippen LogP contribution in [-0.2, 0) is 10.1 Å². The Balaban J connectivity index is 2.53. The number of phenols is 1. The predicted molar refractivity (Wildman–Crippen MR) is 78.4 cm³/mol. The first-order chi connectivity index (χ1) is 10.3. The molecule has 0 saturated carbocycles. The molecule has 22 heavy (non-hydrogen) atoms. The van der Waals surface area contributed by atoms with Gasteiger partial charge in [-0.1, -0.05) is 0 Å². The minimum absolute atomic E-state index is 0.130. The number of phenolic OH excluding ortho intramolecular Hbond substituents is 1. The first-order valence-electron chi connectivity index (χ1n) is 5.86. The number of hydrogen-bond acceptors (Lipinski definition) is 6. The van der Waals surface area contributed by atoms with E-state index in [0.717, 1.165) is 6.07 Å². The summed E-state index contributed by atoms with van der Waals surface area (Å²) < 4.78 is 31.4. The van der Waals surface area contributed by atoms with E-state index in [9.17, 15) is 13.5 Å². The van der Waals surface area contributed by atoms with Gasteiger partial charge in [0.25, 0.3) is 10.1 Å². The van der Waals surface area contributed by atoms with E-state index in [1.54, 1.807) is 18.2 Å². The Hall–Kier alpha value is -3.07. The van der Waals surface area contributed by atoms with Crippen molar-refractivity contribution in [3.8, 4) is 17.9 Å². The maximum absolute atomic E-state index is 11.2. The Labute approximate surface area is 126 Å². The summed E-state index contributed by atoms with van der Waals surface area (Å²) in [6.45, 7) is 0. The topological polar surface area (TPSA) is 134 Å². The molecule has 0 spiro atoms. The van der Waals surface area contributed by atoms with Crippen LogP contribution in [0.15, 0.2) is 47.0 Å². The van der Waals surface area contributed by atoms with E-state index in [2.05, 4.69) is 5.32 Å². The zero-order valence-corrected chi connectivity index (χ0v) is 11.8. The van der Waals surface area contributed by atoms with Crippen molar-refractivity contribution in [1.82, 2.24) is 0 Å². The largest absolute Gasteiger partial charge is 0.507 e. The Morgan fingerprint density at radius 2 is 1.86 bits per heavy atom. The molecule has 8 heteroatoms. The van der Waals surface area contributed by atoms with Crippen molar-refractivity contribution >= 4 is 26.6 Å². The molecule has 0 saturated heterocycles. The third-order valence-corrected chi connectivity index (χ3v) is 3.66. The van der Waals surface area contributed by atoms with Crippen LogP contribution in [0.4, 0.5) is 5.69 Å². The summed E-state index contributed by atoms with van der Waals surface area (Å²) in [5, 5.41) is 30.5. The second-order valence-corrected chi connectivity index (χ2v) is 5.70. The zero-order valence-electron chi connectivity index (χ0n) is 11.0. The molecule has 2 rings (SSSR count). The van der Waals surface area contributed by atoms with Crippen LogP contribution in [0.25, 0.3) is 10.8 Å². The second-order valence-electron chi connectivity index (χ2n) is 4.28. The highest BCUT2D eigenvalue weighted by Crippen LogP contribution is 2.30. The van der Waals surface area contributed by atoms with Crippen LogP contribution < -0.4 is 5.32 Å². The molecule has 0 amide bonds. The van der Waals surface area contributed by atoms with Gasteiger partial charge in [-0.05, 0) is 29.7 Å². The predicted octanol–water partition coefficient (Wildman–Crippen LogP) is 2.14. The van der Waals surface area contributed by atoms with Crippen molar-refractivity contribution < 1.29 is 18.1 Å². The minimum Gasteiger partial charge on any atom is -0.507 e. The zero-order chi connectivity index (χ0) is 16.3. The van der Waals surface area contributed by atoms with Crippen molar-refractivity contribution in [2.75, 3.05) is 5.32 Å². The highest BCUT2D eigenvalue weighted by molar-refractivity contribution is 7.85. The molecule has 110 valence electrons. The molecule has 0 radical (unpaired) electrons. The van der Waals surface area contributed by atoms with Crippen LogP contribution in [0.5, 0.6) is 5.75 Å². The monoisotopic (exact) mass is 315 g/mol. The van der Waals surface area contributed by atoms with Gasteiger partial charge in [0, 0.05) is 23.3 Å². The second kappa shape index (κ2) is 5.74. The number of nitrogens with one attached hydrogen (secondary N) is 1. The number of nitrogens with zero attached hydrogens (tertiary/aromatic N) is 2. The van der Waals surface area contributed by atoms with Gasteiger partial charge >= 0.3 is 0 Å². The molecular formula is C14H9N3O4S. The first-order valence-corrected chi connectivity index (χ1v) is 7.30. The van der Waals surface area contributed by atoms with Crippen LogP contribution in [0.1, 0.15) is 0 Å². The van der Waals surface area contributed by atoms with Gasteiger partial charge in [0.1, 0.15) is 23.5 Å². The number of hydrogen-bond donors (Lipinski definition) is 3. The fourth-order valence-corrected chi connectivity index (χ4v) is 2.34. The highest BCUT2D eigenvalue weighted by Gasteiger charge is 2.13. The summed E-state index contributed by atoms with van der Waals surface area (Å²) in [5.41, 5.74) is 0.344. The van der Waals surface area contributed by atoms with Crippen LogP contribution >= 0.6 is 0 Å². The van der Waals surface area contributed by atoms with Gasteiger partial charge in [-0.25, -0.2) is 0 Å². The molecule has 0 fully saturated rings. The van der Waals surface area contributed by atoms with Crippen molar-refractivity contribution in [3.05, 3.63) is 42.1 Å². The van der Waals surface area contributed by atoms with Crippen LogP contribution in [-0.4, -0.2) is 18.1 Å². The first kappa shape index (κ1) is 15.3. The Morgan fingerprint density at radius 3 is 2.45 bits per heavy atom. The standard InChI is InChI=1S/C14H9N3O4S/c15-6-9(7-16)8-17-11-1-2-13-10(3-11)4-12(5-14(13)18)22(19,20)21/h1-5,8,17-18H,(H,19,20,21). The lowest BCUT2D eigenvalue weighted by Crippen LogP contribution is -1.98. The Bertz CT molecular complexity index is 950. The van der Waals surface area contributed by atoms with Crippen molar-refractivity contribution in [3.63, 3.8) is 0 Å². The van der Waals surface area contributed by atoms with Gasteiger partial charge in [0.05, 0.1) is 4.90 Å². The lowest BCUT2D eigenvalue weighted by molar-refractivity contribution is 0.471. The molecule has 2 aromatic carbocycles. The maximum Gasteiger partial charge on any atom is 0.294 e. The normalized spacial score (nSPS) is 10.5. The molecule has 0 unspecified atom stereocenters. The molecule has 2 aromatic rings. The summed E-state index contributed by atoms with van der Waals surface area (Å²) >= 11 is 0. The summed E-state index contributed by atoms with van der Waals surface area (Å²) in [6, 6.07) is 10.1. The highest BCUT2D eigenvalue weighted by atomic mass is 32.2. The molecule has 0 aliphatic carbocycles. The number of rotatable bonds is 3. The molecule has 0 atom stereocenters. The summed E-state index contributed by atoms with van der Waals surface area (Å²) in [6.07, 6.45) is 1.20. The SMILES string of the molecule is N#CC(C#N)=CNc1ccc2c(O)cc(S(=O)(=O)O)cc2c1. The van der Waals surface area contributed by atoms with Crippen LogP contribution in [0, 0.1) is 22.7 Å².